The number of aromatic nitrogens is 2. The molecule has 0 bridgehead atoms. The second-order valence-electron chi connectivity index (χ2n) is 4.44. The first kappa shape index (κ1) is 13.8. The van der Waals surface area contributed by atoms with Crippen LogP contribution in [0, 0.1) is 0 Å². The molecule has 1 N–H and O–H groups in total. The van der Waals surface area contributed by atoms with Crippen LogP contribution in [-0.4, -0.2) is 41.3 Å². The lowest BCUT2D eigenvalue weighted by atomic mass is 10.0. The van der Waals surface area contributed by atoms with Crippen molar-refractivity contribution in [1.29, 1.82) is 0 Å². The van der Waals surface area contributed by atoms with Crippen molar-refractivity contribution in [3.05, 3.63) is 16.9 Å². The average Bonchev–Trinajstić information content (AvgIpc) is 2.77. The monoisotopic (exact) mass is 274 g/mol. The number of halogens is 1. The molecular weight excluding hydrogens is 256 g/mol. The number of rotatable bonds is 5. The molecule has 0 amide bonds. The molecule has 1 aromatic rings. The van der Waals surface area contributed by atoms with Gasteiger partial charge in [0.25, 0.3) is 0 Å². The van der Waals surface area contributed by atoms with Gasteiger partial charge in [0.05, 0.1) is 36.2 Å². The summed E-state index contributed by atoms with van der Waals surface area (Å²) in [5.74, 6) is 0. The Kier molecular flexibility index (Phi) is 5.00. The quantitative estimate of drug-likeness (QED) is 0.889. The highest BCUT2D eigenvalue weighted by atomic mass is 35.5. The molecule has 5 nitrogen and oxygen atoms in total. The van der Waals surface area contributed by atoms with E-state index in [1.807, 2.05) is 0 Å². The first-order chi connectivity index (χ1) is 8.74. The van der Waals surface area contributed by atoms with Crippen molar-refractivity contribution >= 4 is 11.6 Å². The van der Waals surface area contributed by atoms with Gasteiger partial charge in [0.1, 0.15) is 6.10 Å². The molecule has 1 aromatic heterocycles. The fraction of sp³-hybridized carbons (Fsp3) is 0.750. The predicted octanol–water partition coefficient (Wildman–Crippen LogP) is 1.79. The van der Waals surface area contributed by atoms with E-state index in [1.54, 1.807) is 18.0 Å². The Hall–Kier alpha value is -0.620. The molecule has 1 aliphatic heterocycles. The largest absolute Gasteiger partial charge is 0.384 e. The topological polar surface area (TPSA) is 56.5 Å². The van der Waals surface area contributed by atoms with Gasteiger partial charge in [-0.1, -0.05) is 11.6 Å². The molecule has 2 heterocycles. The minimum Gasteiger partial charge on any atom is -0.384 e. The van der Waals surface area contributed by atoms with Gasteiger partial charge in [-0.25, -0.2) is 0 Å². The Bertz CT molecular complexity index is 377. The maximum atomic E-state index is 10.4. The van der Waals surface area contributed by atoms with E-state index in [0.717, 1.165) is 19.3 Å². The lowest BCUT2D eigenvalue weighted by molar-refractivity contribution is -0.0664. The molecule has 1 fully saturated rings. The molecule has 0 spiro atoms. The molecule has 2 rings (SSSR count). The molecule has 1 saturated heterocycles. The van der Waals surface area contributed by atoms with Gasteiger partial charge in [-0.05, 0) is 19.3 Å². The van der Waals surface area contributed by atoms with Crippen molar-refractivity contribution < 1.29 is 14.6 Å². The zero-order valence-corrected chi connectivity index (χ0v) is 11.3. The molecule has 0 saturated carbocycles. The molecule has 0 radical (unpaired) electrons. The summed E-state index contributed by atoms with van der Waals surface area (Å²) in [6, 6.07) is 0. The van der Waals surface area contributed by atoms with Gasteiger partial charge in [-0.3, -0.25) is 4.68 Å². The Morgan fingerprint density at radius 3 is 3.17 bits per heavy atom. The standard InChI is InChI=1S/C12H19ClN2O3/c1-17-7-5-15-11(9(13)8-14-15)12(16)10-4-2-3-6-18-10/h8,10,12,16H,2-7H2,1H3. The van der Waals surface area contributed by atoms with Crippen molar-refractivity contribution in [2.24, 2.45) is 0 Å². The number of nitrogens with zero attached hydrogens (tertiary/aromatic N) is 2. The van der Waals surface area contributed by atoms with Crippen molar-refractivity contribution in [1.82, 2.24) is 9.78 Å². The maximum Gasteiger partial charge on any atom is 0.123 e. The van der Waals surface area contributed by atoms with Crippen LogP contribution in [0.2, 0.25) is 5.02 Å². The molecule has 0 aliphatic carbocycles. The number of methoxy groups -OCH3 is 1. The highest BCUT2D eigenvalue weighted by molar-refractivity contribution is 6.31. The summed E-state index contributed by atoms with van der Waals surface area (Å²) in [6.45, 7) is 1.80. The van der Waals surface area contributed by atoms with Gasteiger partial charge in [0.15, 0.2) is 0 Å². The van der Waals surface area contributed by atoms with Crippen molar-refractivity contribution in [3.63, 3.8) is 0 Å². The molecule has 6 heteroatoms. The van der Waals surface area contributed by atoms with Crippen LogP contribution < -0.4 is 0 Å². The van der Waals surface area contributed by atoms with Gasteiger partial charge >= 0.3 is 0 Å². The summed E-state index contributed by atoms with van der Waals surface area (Å²) in [5.41, 5.74) is 0.626. The van der Waals surface area contributed by atoms with Crippen LogP contribution in [0.15, 0.2) is 6.20 Å². The van der Waals surface area contributed by atoms with E-state index in [2.05, 4.69) is 5.10 Å². The van der Waals surface area contributed by atoms with Gasteiger partial charge in [-0.2, -0.15) is 5.10 Å². The smallest absolute Gasteiger partial charge is 0.123 e. The van der Waals surface area contributed by atoms with Gasteiger partial charge in [0.2, 0.25) is 0 Å². The predicted molar refractivity (Wildman–Crippen MR) is 67.7 cm³/mol. The zero-order valence-electron chi connectivity index (χ0n) is 10.5. The summed E-state index contributed by atoms with van der Waals surface area (Å²) < 4.78 is 12.3. The fourth-order valence-electron chi connectivity index (χ4n) is 2.21. The van der Waals surface area contributed by atoms with Crippen LogP contribution in [0.25, 0.3) is 0 Å². The third-order valence-electron chi connectivity index (χ3n) is 3.19. The summed E-state index contributed by atoms with van der Waals surface area (Å²) >= 11 is 6.10. The summed E-state index contributed by atoms with van der Waals surface area (Å²) in [7, 11) is 1.63. The minimum atomic E-state index is -0.725. The third-order valence-corrected chi connectivity index (χ3v) is 3.48. The average molecular weight is 275 g/mol. The Balaban J connectivity index is 2.12. The van der Waals surface area contributed by atoms with E-state index >= 15 is 0 Å². The molecule has 0 aromatic carbocycles. The second kappa shape index (κ2) is 6.52. The van der Waals surface area contributed by atoms with Gasteiger partial charge < -0.3 is 14.6 Å². The van der Waals surface area contributed by atoms with E-state index in [9.17, 15) is 5.11 Å². The number of hydrogen-bond acceptors (Lipinski definition) is 4. The molecule has 1 aliphatic rings. The van der Waals surface area contributed by atoms with Crippen molar-refractivity contribution in [2.45, 2.75) is 38.0 Å². The molecular formula is C12H19ClN2O3. The van der Waals surface area contributed by atoms with E-state index < -0.39 is 6.10 Å². The summed E-state index contributed by atoms with van der Waals surface area (Å²) in [5, 5.41) is 15.0. The van der Waals surface area contributed by atoms with Gasteiger partial charge in [0, 0.05) is 13.7 Å². The Morgan fingerprint density at radius 1 is 1.67 bits per heavy atom. The number of hydrogen-bond donors (Lipinski definition) is 1. The number of ether oxygens (including phenoxy) is 2. The van der Waals surface area contributed by atoms with Crippen LogP contribution in [-0.2, 0) is 16.0 Å². The van der Waals surface area contributed by atoms with E-state index in [4.69, 9.17) is 21.1 Å². The molecule has 2 unspecified atom stereocenters. The van der Waals surface area contributed by atoms with Crippen LogP contribution in [0.4, 0.5) is 0 Å². The van der Waals surface area contributed by atoms with Crippen LogP contribution >= 0.6 is 11.6 Å². The maximum absolute atomic E-state index is 10.4. The van der Waals surface area contributed by atoms with E-state index in [-0.39, 0.29) is 6.10 Å². The van der Waals surface area contributed by atoms with Crippen LogP contribution in [0.5, 0.6) is 0 Å². The van der Waals surface area contributed by atoms with E-state index in [1.165, 1.54) is 0 Å². The minimum absolute atomic E-state index is 0.186. The highest BCUT2D eigenvalue weighted by Crippen LogP contribution is 2.30. The SMILES string of the molecule is COCCn1ncc(Cl)c1C(O)C1CCCCO1. The van der Waals surface area contributed by atoms with Crippen molar-refractivity contribution in [2.75, 3.05) is 20.3 Å². The number of aliphatic hydroxyl groups excluding tert-OH is 1. The normalized spacial score (nSPS) is 22.1. The Labute approximate surface area is 112 Å². The summed E-state index contributed by atoms with van der Waals surface area (Å²) in [4.78, 5) is 0. The highest BCUT2D eigenvalue weighted by Gasteiger charge is 2.28. The van der Waals surface area contributed by atoms with Crippen LogP contribution in [0.3, 0.4) is 0 Å². The first-order valence-electron chi connectivity index (χ1n) is 6.24. The van der Waals surface area contributed by atoms with E-state index in [0.29, 0.717) is 30.5 Å². The molecule has 102 valence electrons. The molecule has 2 atom stereocenters. The second-order valence-corrected chi connectivity index (χ2v) is 4.85. The summed E-state index contributed by atoms with van der Waals surface area (Å²) in [6.07, 6.45) is 3.63. The van der Waals surface area contributed by atoms with Crippen molar-refractivity contribution in [3.8, 4) is 0 Å². The first-order valence-corrected chi connectivity index (χ1v) is 6.61. The van der Waals surface area contributed by atoms with Crippen LogP contribution in [0.1, 0.15) is 31.1 Å². The lowest BCUT2D eigenvalue weighted by Crippen LogP contribution is -2.28. The zero-order chi connectivity index (χ0) is 13.0. The molecule has 18 heavy (non-hydrogen) atoms. The third kappa shape index (κ3) is 3.03. The fourth-order valence-corrected chi connectivity index (χ4v) is 2.47. The number of aliphatic hydroxyl groups is 1. The Morgan fingerprint density at radius 2 is 2.50 bits per heavy atom. The lowest BCUT2D eigenvalue weighted by Gasteiger charge is -2.27. The van der Waals surface area contributed by atoms with Gasteiger partial charge in [-0.15, -0.1) is 0 Å².